The molecule has 2 aromatic carbocycles. The van der Waals surface area contributed by atoms with Crippen LogP contribution in [0.2, 0.25) is 5.02 Å². The van der Waals surface area contributed by atoms with Crippen molar-refractivity contribution in [2.75, 3.05) is 32.8 Å². The SMILES string of the molecule is O=C(NCC(c1ccc(Cl)cc1)N1CCOCC1)c1cn[nH]c1-c1ccccc1. The van der Waals surface area contributed by atoms with Crippen LogP contribution in [-0.4, -0.2) is 53.9 Å². The van der Waals surface area contributed by atoms with Gasteiger partial charge in [0.25, 0.3) is 5.91 Å². The highest BCUT2D eigenvalue weighted by atomic mass is 35.5. The summed E-state index contributed by atoms with van der Waals surface area (Å²) >= 11 is 6.06. The molecule has 2 heterocycles. The van der Waals surface area contributed by atoms with Crippen molar-refractivity contribution in [3.8, 4) is 11.3 Å². The van der Waals surface area contributed by atoms with E-state index in [1.54, 1.807) is 6.20 Å². The maximum atomic E-state index is 12.9. The Morgan fingerprint density at radius 2 is 1.86 bits per heavy atom. The number of aromatic nitrogens is 2. The van der Waals surface area contributed by atoms with Crippen molar-refractivity contribution >= 4 is 17.5 Å². The minimum Gasteiger partial charge on any atom is -0.379 e. The highest BCUT2D eigenvalue weighted by Crippen LogP contribution is 2.24. The number of rotatable bonds is 6. The van der Waals surface area contributed by atoms with Gasteiger partial charge >= 0.3 is 0 Å². The molecule has 0 radical (unpaired) electrons. The van der Waals surface area contributed by atoms with E-state index < -0.39 is 0 Å². The molecule has 6 nitrogen and oxygen atoms in total. The summed E-state index contributed by atoms with van der Waals surface area (Å²) in [4.78, 5) is 15.3. The lowest BCUT2D eigenvalue weighted by Crippen LogP contribution is -2.43. The van der Waals surface area contributed by atoms with Crippen molar-refractivity contribution in [3.05, 3.63) is 76.9 Å². The number of amides is 1. The first-order valence-corrected chi connectivity index (χ1v) is 10.0. The third kappa shape index (κ3) is 4.67. The van der Waals surface area contributed by atoms with Gasteiger partial charge in [0.1, 0.15) is 0 Å². The van der Waals surface area contributed by atoms with Crippen LogP contribution < -0.4 is 5.32 Å². The van der Waals surface area contributed by atoms with Crippen molar-refractivity contribution in [3.63, 3.8) is 0 Å². The molecule has 2 N–H and O–H groups in total. The van der Waals surface area contributed by atoms with Crippen LogP contribution in [0.1, 0.15) is 22.0 Å². The molecule has 29 heavy (non-hydrogen) atoms. The second kappa shape index (κ2) is 9.22. The fourth-order valence-corrected chi connectivity index (χ4v) is 3.73. The van der Waals surface area contributed by atoms with E-state index in [0.717, 1.165) is 29.9 Å². The second-order valence-electron chi connectivity index (χ2n) is 6.95. The number of benzene rings is 2. The molecule has 1 amide bonds. The van der Waals surface area contributed by atoms with E-state index in [1.807, 2.05) is 54.6 Å². The van der Waals surface area contributed by atoms with Crippen LogP contribution in [0.3, 0.4) is 0 Å². The smallest absolute Gasteiger partial charge is 0.255 e. The molecule has 0 saturated carbocycles. The van der Waals surface area contributed by atoms with Crippen LogP contribution in [-0.2, 0) is 4.74 Å². The zero-order valence-corrected chi connectivity index (χ0v) is 16.7. The summed E-state index contributed by atoms with van der Waals surface area (Å²) in [5.41, 5.74) is 3.30. The summed E-state index contributed by atoms with van der Waals surface area (Å²) in [7, 11) is 0. The molecule has 0 spiro atoms. The van der Waals surface area contributed by atoms with Crippen molar-refractivity contribution in [2.24, 2.45) is 0 Å². The van der Waals surface area contributed by atoms with Crippen molar-refractivity contribution in [1.82, 2.24) is 20.4 Å². The maximum absolute atomic E-state index is 12.9. The molecule has 3 aromatic rings. The van der Waals surface area contributed by atoms with Gasteiger partial charge in [0, 0.05) is 30.2 Å². The monoisotopic (exact) mass is 410 g/mol. The number of H-pyrrole nitrogens is 1. The van der Waals surface area contributed by atoms with Gasteiger partial charge in [-0.1, -0.05) is 54.1 Å². The van der Waals surface area contributed by atoms with Gasteiger partial charge in [-0.2, -0.15) is 5.10 Å². The molecule has 1 aromatic heterocycles. The Bertz CT molecular complexity index is 937. The lowest BCUT2D eigenvalue weighted by Gasteiger charge is -2.35. The predicted octanol–water partition coefficient (Wildman–Crippen LogP) is 3.53. The fourth-order valence-electron chi connectivity index (χ4n) is 3.60. The molecule has 1 unspecified atom stereocenters. The van der Waals surface area contributed by atoms with Gasteiger partial charge in [-0.25, -0.2) is 0 Å². The highest BCUT2D eigenvalue weighted by molar-refractivity contribution is 6.30. The lowest BCUT2D eigenvalue weighted by atomic mass is 10.0. The molecule has 1 aliphatic heterocycles. The molecule has 0 aliphatic carbocycles. The molecule has 1 saturated heterocycles. The van der Waals surface area contributed by atoms with Gasteiger partial charge in [0.15, 0.2) is 0 Å². The number of nitrogens with zero attached hydrogens (tertiary/aromatic N) is 2. The summed E-state index contributed by atoms with van der Waals surface area (Å²) in [6, 6.07) is 17.6. The molecule has 1 aliphatic rings. The van der Waals surface area contributed by atoms with Gasteiger partial charge in [-0.05, 0) is 17.7 Å². The zero-order chi connectivity index (χ0) is 20.1. The molecule has 1 fully saturated rings. The van der Waals surface area contributed by atoms with Crippen LogP contribution in [0.15, 0.2) is 60.8 Å². The summed E-state index contributed by atoms with van der Waals surface area (Å²) in [6.07, 6.45) is 1.57. The number of carbonyl (C=O) groups excluding carboxylic acids is 1. The first-order valence-electron chi connectivity index (χ1n) is 9.66. The van der Waals surface area contributed by atoms with Crippen molar-refractivity contribution in [1.29, 1.82) is 0 Å². The quantitative estimate of drug-likeness (QED) is 0.652. The predicted molar refractivity (Wildman–Crippen MR) is 113 cm³/mol. The van der Waals surface area contributed by atoms with Gasteiger partial charge in [-0.15, -0.1) is 0 Å². The highest BCUT2D eigenvalue weighted by Gasteiger charge is 2.24. The third-order valence-corrected chi connectivity index (χ3v) is 5.40. The molecular weight excluding hydrogens is 388 g/mol. The van der Waals surface area contributed by atoms with Gasteiger partial charge < -0.3 is 10.1 Å². The Labute approximate surface area is 174 Å². The van der Waals surface area contributed by atoms with Crippen LogP contribution in [0, 0.1) is 0 Å². The molecule has 1 atom stereocenters. The van der Waals surface area contributed by atoms with Crippen LogP contribution in [0.4, 0.5) is 0 Å². The van der Waals surface area contributed by atoms with E-state index in [1.165, 1.54) is 0 Å². The molecule has 150 valence electrons. The Hall–Kier alpha value is -2.67. The van der Waals surface area contributed by atoms with Gasteiger partial charge in [0.2, 0.25) is 0 Å². The Morgan fingerprint density at radius 3 is 2.59 bits per heavy atom. The number of ether oxygens (including phenoxy) is 1. The minimum absolute atomic E-state index is 0.0483. The van der Waals surface area contributed by atoms with Gasteiger partial charge in [-0.3, -0.25) is 14.8 Å². The molecule has 0 bridgehead atoms. The van der Waals surface area contributed by atoms with E-state index >= 15 is 0 Å². The van der Waals surface area contributed by atoms with E-state index in [2.05, 4.69) is 20.4 Å². The number of hydrogen-bond acceptors (Lipinski definition) is 4. The summed E-state index contributed by atoms with van der Waals surface area (Å²) in [5, 5.41) is 10.8. The number of hydrogen-bond donors (Lipinski definition) is 2. The fraction of sp³-hybridized carbons (Fsp3) is 0.273. The Morgan fingerprint density at radius 1 is 1.14 bits per heavy atom. The van der Waals surface area contributed by atoms with E-state index in [9.17, 15) is 4.79 Å². The largest absolute Gasteiger partial charge is 0.379 e. The molecular formula is C22H23ClN4O2. The number of carbonyl (C=O) groups is 1. The normalized spacial score (nSPS) is 15.8. The lowest BCUT2D eigenvalue weighted by molar-refractivity contribution is 0.0162. The summed E-state index contributed by atoms with van der Waals surface area (Å²) < 4.78 is 5.49. The maximum Gasteiger partial charge on any atom is 0.255 e. The summed E-state index contributed by atoms with van der Waals surface area (Å²) in [6.45, 7) is 3.52. The molecule has 7 heteroatoms. The average molecular weight is 411 g/mol. The zero-order valence-electron chi connectivity index (χ0n) is 16.0. The minimum atomic E-state index is -0.148. The number of morpholine rings is 1. The third-order valence-electron chi connectivity index (χ3n) is 5.14. The second-order valence-corrected chi connectivity index (χ2v) is 7.39. The Balaban J connectivity index is 1.51. The van der Waals surface area contributed by atoms with E-state index in [0.29, 0.717) is 30.3 Å². The van der Waals surface area contributed by atoms with Crippen molar-refractivity contribution in [2.45, 2.75) is 6.04 Å². The number of aromatic amines is 1. The number of nitrogens with one attached hydrogen (secondary N) is 2. The van der Waals surface area contributed by atoms with Crippen LogP contribution >= 0.6 is 11.6 Å². The number of halogens is 1. The van der Waals surface area contributed by atoms with Crippen LogP contribution in [0.5, 0.6) is 0 Å². The summed E-state index contributed by atoms with van der Waals surface area (Å²) in [5.74, 6) is -0.148. The van der Waals surface area contributed by atoms with Crippen molar-refractivity contribution < 1.29 is 9.53 Å². The van der Waals surface area contributed by atoms with Crippen LogP contribution in [0.25, 0.3) is 11.3 Å². The Kier molecular flexibility index (Phi) is 6.24. The first kappa shape index (κ1) is 19.6. The standard InChI is InChI=1S/C22H23ClN4O2/c23-18-8-6-16(7-9-18)20(27-10-12-29-13-11-27)15-24-22(28)19-14-25-26-21(19)17-4-2-1-3-5-17/h1-9,14,20H,10-13,15H2,(H,24,28)(H,25,26). The van der Waals surface area contributed by atoms with E-state index in [4.69, 9.17) is 16.3 Å². The molecule has 4 rings (SSSR count). The van der Waals surface area contributed by atoms with Gasteiger partial charge in [0.05, 0.1) is 36.7 Å². The van der Waals surface area contributed by atoms with E-state index in [-0.39, 0.29) is 11.9 Å². The topological polar surface area (TPSA) is 70.2 Å². The first-order chi connectivity index (χ1) is 14.2. The average Bonchev–Trinajstić information content (AvgIpc) is 3.26.